The van der Waals surface area contributed by atoms with E-state index in [1.165, 1.54) is 0 Å². The van der Waals surface area contributed by atoms with Crippen LogP contribution in [0, 0.1) is 16.7 Å². The summed E-state index contributed by atoms with van der Waals surface area (Å²) in [6.45, 7) is 0. The molecule has 1 aliphatic rings. The zero-order chi connectivity index (χ0) is 14.2. The highest BCUT2D eigenvalue weighted by Gasteiger charge is 2.42. The zero-order valence-corrected chi connectivity index (χ0v) is 11.9. The SMILES string of the molecule is N#CC1(Cc2cccc3ccccc23)CCS(=O)(=O)C1. The van der Waals surface area contributed by atoms with Crippen molar-refractivity contribution in [1.82, 2.24) is 0 Å². The smallest absolute Gasteiger partial charge is 0.151 e. The van der Waals surface area contributed by atoms with Crippen LogP contribution in [0.5, 0.6) is 0 Å². The number of fused-ring (bicyclic) bond motifs is 1. The van der Waals surface area contributed by atoms with E-state index >= 15 is 0 Å². The van der Waals surface area contributed by atoms with Crippen molar-refractivity contribution in [1.29, 1.82) is 5.26 Å². The van der Waals surface area contributed by atoms with Crippen molar-refractivity contribution < 1.29 is 8.42 Å². The molecule has 20 heavy (non-hydrogen) atoms. The number of nitrogens with zero attached hydrogens (tertiary/aromatic N) is 1. The van der Waals surface area contributed by atoms with Gasteiger partial charge in [-0.05, 0) is 29.2 Å². The first kappa shape index (κ1) is 13.1. The van der Waals surface area contributed by atoms with Crippen molar-refractivity contribution >= 4 is 20.6 Å². The molecule has 1 heterocycles. The second kappa shape index (κ2) is 4.60. The lowest BCUT2D eigenvalue weighted by Crippen LogP contribution is -2.23. The molecule has 1 atom stereocenters. The Morgan fingerprint density at radius 1 is 1.15 bits per heavy atom. The first-order valence-electron chi connectivity index (χ1n) is 6.62. The molecule has 0 bridgehead atoms. The highest BCUT2D eigenvalue weighted by molar-refractivity contribution is 7.91. The van der Waals surface area contributed by atoms with Crippen LogP contribution in [0.25, 0.3) is 10.8 Å². The predicted octanol–water partition coefficient (Wildman–Crippen LogP) is 2.71. The van der Waals surface area contributed by atoms with Gasteiger partial charge in [-0.3, -0.25) is 0 Å². The molecule has 0 spiro atoms. The molecule has 2 aromatic rings. The quantitative estimate of drug-likeness (QED) is 0.852. The zero-order valence-electron chi connectivity index (χ0n) is 11.0. The van der Waals surface area contributed by atoms with Gasteiger partial charge in [-0.2, -0.15) is 5.26 Å². The number of hydrogen-bond donors (Lipinski definition) is 0. The minimum absolute atomic E-state index is 0.0142. The van der Waals surface area contributed by atoms with Gasteiger partial charge in [0.1, 0.15) is 0 Å². The Labute approximate surface area is 118 Å². The van der Waals surface area contributed by atoms with E-state index in [9.17, 15) is 13.7 Å². The number of hydrogen-bond acceptors (Lipinski definition) is 3. The summed E-state index contributed by atoms with van der Waals surface area (Å²) in [5.74, 6) is 0.116. The van der Waals surface area contributed by atoms with Gasteiger partial charge in [0.15, 0.2) is 9.84 Å². The Hall–Kier alpha value is -1.86. The van der Waals surface area contributed by atoms with Gasteiger partial charge in [0, 0.05) is 0 Å². The lowest BCUT2D eigenvalue weighted by atomic mass is 9.81. The molecule has 102 valence electrons. The molecular weight excluding hydrogens is 270 g/mol. The molecule has 1 aliphatic heterocycles. The molecule has 1 fully saturated rings. The Balaban J connectivity index is 2.03. The molecule has 3 rings (SSSR count). The van der Waals surface area contributed by atoms with E-state index in [-0.39, 0.29) is 11.5 Å². The molecule has 0 saturated carbocycles. The van der Waals surface area contributed by atoms with Crippen molar-refractivity contribution in [2.45, 2.75) is 12.8 Å². The van der Waals surface area contributed by atoms with E-state index in [1.807, 2.05) is 42.5 Å². The van der Waals surface area contributed by atoms with Crippen LogP contribution >= 0.6 is 0 Å². The summed E-state index contributed by atoms with van der Waals surface area (Å²) in [7, 11) is -3.06. The summed E-state index contributed by atoms with van der Waals surface area (Å²) >= 11 is 0. The molecule has 1 unspecified atom stereocenters. The number of sulfone groups is 1. The summed E-state index contributed by atoms with van der Waals surface area (Å²) in [5.41, 5.74) is 0.296. The summed E-state index contributed by atoms with van der Waals surface area (Å²) in [6, 6.07) is 16.3. The van der Waals surface area contributed by atoms with Gasteiger partial charge < -0.3 is 0 Å². The maximum atomic E-state index is 11.7. The van der Waals surface area contributed by atoms with Crippen molar-refractivity contribution in [3.05, 3.63) is 48.0 Å². The molecule has 0 aliphatic carbocycles. The normalized spacial score (nSPS) is 24.6. The fourth-order valence-corrected chi connectivity index (χ4v) is 4.99. The maximum Gasteiger partial charge on any atom is 0.151 e. The molecule has 0 aromatic heterocycles. The highest BCUT2D eigenvalue weighted by atomic mass is 32.2. The summed E-state index contributed by atoms with van der Waals surface area (Å²) in [5, 5.41) is 11.7. The molecule has 0 amide bonds. The van der Waals surface area contributed by atoms with Crippen LogP contribution in [0.2, 0.25) is 0 Å². The van der Waals surface area contributed by atoms with Crippen LogP contribution in [-0.2, 0) is 16.3 Å². The van der Waals surface area contributed by atoms with Crippen molar-refractivity contribution in [2.24, 2.45) is 5.41 Å². The Morgan fingerprint density at radius 2 is 1.90 bits per heavy atom. The number of rotatable bonds is 2. The second-order valence-corrected chi connectivity index (χ2v) is 7.73. The number of benzene rings is 2. The van der Waals surface area contributed by atoms with E-state index < -0.39 is 15.3 Å². The van der Waals surface area contributed by atoms with Gasteiger partial charge in [0.25, 0.3) is 0 Å². The third-order valence-corrected chi connectivity index (χ3v) is 5.85. The minimum Gasteiger partial charge on any atom is -0.229 e. The summed E-state index contributed by atoms with van der Waals surface area (Å²) in [4.78, 5) is 0. The number of nitriles is 1. The Bertz CT molecular complexity index is 799. The van der Waals surface area contributed by atoms with Gasteiger partial charge >= 0.3 is 0 Å². The van der Waals surface area contributed by atoms with E-state index in [2.05, 4.69) is 6.07 Å². The van der Waals surface area contributed by atoms with Crippen LogP contribution in [-0.4, -0.2) is 19.9 Å². The summed E-state index contributed by atoms with van der Waals surface area (Å²) < 4.78 is 23.4. The van der Waals surface area contributed by atoms with Crippen LogP contribution in [0.4, 0.5) is 0 Å². The van der Waals surface area contributed by atoms with Crippen LogP contribution in [0.3, 0.4) is 0 Å². The van der Waals surface area contributed by atoms with Crippen molar-refractivity contribution in [2.75, 3.05) is 11.5 Å². The molecule has 4 heteroatoms. The van der Waals surface area contributed by atoms with Gasteiger partial charge in [-0.1, -0.05) is 42.5 Å². The summed E-state index contributed by atoms with van der Waals surface area (Å²) in [6.07, 6.45) is 0.944. The topological polar surface area (TPSA) is 57.9 Å². The molecule has 0 N–H and O–H groups in total. The predicted molar refractivity (Wildman–Crippen MR) is 79.0 cm³/mol. The fourth-order valence-electron chi connectivity index (χ4n) is 2.99. The molecule has 2 aromatic carbocycles. The third kappa shape index (κ3) is 2.30. The first-order valence-corrected chi connectivity index (χ1v) is 8.44. The average Bonchev–Trinajstić information content (AvgIpc) is 2.75. The van der Waals surface area contributed by atoms with Gasteiger partial charge in [0.05, 0.1) is 23.0 Å². The van der Waals surface area contributed by atoms with Gasteiger partial charge in [-0.15, -0.1) is 0 Å². The van der Waals surface area contributed by atoms with Crippen molar-refractivity contribution in [3.8, 4) is 6.07 Å². The first-order chi connectivity index (χ1) is 9.54. The molecule has 3 nitrogen and oxygen atoms in total. The Morgan fingerprint density at radius 3 is 2.60 bits per heavy atom. The lowest BCUT2D eigenvalue weighted by molar-refractivity contribution is 0.452. The third-order valence-electron chi connectivity index (χ3n) is 4.03. The van der Waals surface area contributed by atoms with E-state index in [0.29, 0.717) is 12.8 Å². The second-order valence-electron chi connectivity index (χ2n) is 5.55. The highest BCUT2D eigenvalue weighted by Crippen LogP contribution is 2.36. The van der Waals surface area contributed by atoms with Crippen LogP contribution in [0.1, 0.15) is 12.0 Å². The standard InChI is InChI=1S/C16H15NO2S/c17-11-16(8-9-20(18,19)12-16)10-14-6-3-5-13-4-1-2-7-15(13)14/h1-7H,8-10,12H2. The monoisotopic (exact) mass is 285 g/mol. The van der Waals surface area contributed by atoms with Crippen molar-refractivity contribution in [3.63, 3.8) is 0 Å². The van der Waals surface area contributed by atoms with E-state index in [4.69, 9.17) is 0 Å². The largest absolute Gasteiger partial charge is 0.229 e. The molecular formula is C16H15NO2S. The fraction of sp³-hybridized carbons (Fsp3) is 0.312. The maximum absolute atomic E-state index is 11.7. The van der Waals surface area contributed by atoms with Gasteiger partial charge in [0.2, 0.25) is 0 Å². The van der Waals surface area contributed by atoms with E-state index in [1.54, 1.807) is 0 Å². The van der Waals surface area contributed by atoms with Gasteiger partial charge in [-0.25, -0.2) is 8.42 Å². The molecule has 1 saturated heterocycles. The Kier molecular flexibility index (Phi) is 3.02. The van der Waals surface area contributed by atoms with Crippen LogP contribution < -0.4 is 0 Å². The minimum atomic E-state index is -3.06. The lowest BCUT2D eigenvalue weighted by Gasteiger charge is -2.19. The van der Waals surface area contributed by atoms with E-state index in [0.717, 1.165) is 16.3 Å². The average molecular weight is 285 g/mol. The van der Waals surface area contributed by atoms with Crippen LogP contribution in [0.15, 0.2) is 42.5 Å². The molecule has 0 radical (unpaired) electrons.